The van der Waals surface area contributed by atoms with Crippen molar-refractivity contribution in [3.05, 3.63) is 63.4 Å². The van der Waals surface area contributed by atoms with Gasteiger partial charge >= 0.3 is 0 Å². The largest absolute Gasteiger partial charge is 0.352 e. The van der Waals surface area contributed by atoms with E-state index in [2.05, 4.69) is 22.9 Å². The predicted octanol–water partition coefficient (Wildman–Crippen LogP) is 6.48. The summed E-state index contributed by atoms with van der Waals surface area (Å²) in [4.78, 5) is 28.5. The zero-order chi connectivity index (χ0) is 26.7. The summed E-state index contributed by atoms with van der Waals surface area (Å²) in [6.07, 6.45) is 8.32. The summed E-state index contributed by atoms with van der Waals surface area (Å²) in [6.45, 7) is 2.24. The van der Waals surface area contributed by atoms with Crippen LogP contribution < -0.4 is 16.0 Å². The number of nitrogens with one attached hydrogen (secondary N) is 3. The number of halogens is 3. The van der Waals surface area contributed by atoms with Gasteiger partial charge in [0.25, 0.3) is 0 Å². The minimum absolute atomic E-state index is 0.0163. The van der Waals surface area contributed by atoms with E-state index >= 15 is 4.39 Å². The third-order valence-corrected chi connectivity index (χ3v) is 10.2. The molecule has 3 atom stereocenters. The van der Waals surface area contributed by atoms with Crippen LogP contribution in [0.2, 0.25) is 10.0 Å². The highest BCUT2D eigenvalue weighted by atomic mass is 35.5. The fourth-order valence-corrected chi connectivity index (χ4v) is 8.27. The summed E-state index contributed by atoms with van der Waals surface area (Å²) < 4.78 is 15.9. The predicted molar refractivity (Wildman–Crippen MR) is 148 cm³/mol. The van der Waals surface area contributed by atoms with Crippen LogP contribution in [-0.4, -0.2) is 29.4 Å². The average Bonchev–Trinajstić information content (AvgIpc) is 3.35. The van der Waals surface area contributed by atoms with E-state index in [1.807, 2.05) is 6.07 Å². The van der Waals surface area contributed by atoms with Crippen molar-refractivity contribution in [3.63, 3.8) is 0 Å². The highest BCUT2D eigenvalue weighted by molar-refractivity contribution is 6.31. The molecule has 2 aromatic carbocycles. The third-order valence-electron chi connectivity index (χ3n) is 9.67. The summed E-state index contributed by atoms with van der Waals surface area (Å²) in [5, 5.41) is 10.6. The highest BCUT2D eigenvalue weighted by Gasteiger charge is 2.72. The van der Waals surface area contributed by atoms with Crippen molar-refractivity contribution in [2.24, 2.45) is 5.92 Å². The van der Waals surface area contributed by atoms with Crippen LogP contribution >= 0.6 is 23.2 Å². The molecule has 2 aliphatic heterocycles. The van der Waals surface area contributed by atoms with Crippen LogP contribution in [0.4, 0.5) is 10.1 Å². The molecular formula is C30H34Cl2FN3O2. The van der Waals surface area contributed by atoms with E-state index in [9.17, 15) is 9.59 Å². The molecule has 8 heteroatoms. The van der Waals surface area contributed by atoms with Gasteiger partial charge in [0.2, 0.25) is 11.8 Å². The molecule has 0 radical (unpaired) electrons. The lowest BCUT2D eigenvalue weighted by atomic mass is 9.55. The van der Waals surface area contributed by atoms with Gasteiger partial charge in [-0.25, -0.2) is 4.39 Å². The number of fused-ring (bicyclic) bond motifs is 3. The molecule has 0 unspecified atom stereocenters. The van der Waals surface area contributed by atoms with Crippen LogP contribution in [0, 0.1) is 11.7 Å². The van der Waals surface area contributed by atoms with Crippen molar-refractivity contribution in [1.29, 1.82) is 0 Å². The molecule has 3 fully saturated rings. The van der Waals surface area contributed by atoms with Crippen LogP contribution in [0.25, 0.3) is 0 Å². The zero-order valence-corrected chi connectivity index (χ0v) is 23.1. The Morgan fingerprint density at radius 1 is 1.05 bits per heavy atom. The minimum Gasteiger partial charge on any atom is -0.352 e. The molecule has 2 saturated carbocycles. The quantitative estimate of drug-likeness (QED) is 0.404. The summed E-state index contributed by atoms with van der Waals surface area (Å²) in [5.41, 5.74) is -0.210. The molecule has 0 aromatic heterocycles. The van der Waals surface area contributed by atoms with E-state index in [4.69, 9.17) is 23.2 Å². The van der Waals surface area contributed by atoms with Gasteiger partial charge in [-0.2, -0.15) is 0 Å². The van der Waals surface area contributed by atoms with Crippen molar-refractivity contribution in [3.8, 4) is 0 Å². The van der Waals surface area contributed by atoms with Gasteiger partial charge < -0.3 is 10.6 Å². The minimum atomic E-state index is -1.19. The molecule has 2 aromatic rings. The number of amides is 2. The number of rotatable bonds is 3. The number of anilines is 1. The molecule has 5 nitrogen and oxygen atoms in total. The molecule has 2 aliphatic carbocycles. The van der Waals surface area contributed by atoms with Gasteiger partial charge in [0.15, 0.2) is 0 Å². The zero-order valence-electron chi connectivity index (χ0n) is 21.6. The summed E-state index contributed by atoms with van der Waals surface area (Å²) in [6, 6.07) is 9.58. The van der Waals surface area contributed by atoms with Crippen LogP contribution in [0.5, 0.6) is 0 Å². The Labute approximate surface area is 233 Å². The second-order valence-corrected chi connectivity index (χ2v) is 12.6. The first-order valence-corrected chi connectivity index (χ1v) is 14.7. The fraction of sp³-hybridized carbons (Fsp3) is 0.533. The lowest BCUT2D eigenvalue weighted by molar-refractivity contribution is -0.124. The maximum Gasteiger partial charge on any atom is 0.238 e. The van der Waals surface area contributed by atoms with E-state index in [1.165, 1.54) is 6.07 Å². The first kappa shape index (κ1) is 26.1. The number of carbonyl (C=O) groups is 2. The van der Waals surface area contributed by atoms with Crippen LogP contribution in [0.1, 0.15) is 81.8 Å². The smallest absolute Gasteiger partial charge is 0.238 e. The SMILES string of the molecule is C[C@H]1CC[C@H](NC(=O)[C@@H]2NC3(CCCCC3)[C@@]3(C(=O)Nc4cc(Cl)ccc43)[C@H]2c2cccc(Cl)c2F)CC1. The van der Waals surface area contributed by atoms with Gasteiger partial charge in [-0.05, 0) is 73.8 Å². The lowest BCUT2D eigenvalue weighted by Crippen LogP contribution is -2.60. The van der Waals surface area contributed by atoms with E-state index in [0.29, 0.717) is 35.0 Å². The maximum absolute atomic E-state index is 15.9. The molecule has 4 aliphatic rings. The molecule has 3 N–H and O–H groups in total. The molecule has 38 heavy (non-hydrogen) atoms. The van der Waals surface area contributed by atoms with Gasteiger partial charge in [-0.15, -0.1) is 0 Å². The van der Waals surface area contributed by atoms with Crippen molar-refractivity contribution in [2.45, 2.75) is 93.7 Å². The monoisotopic (exact) mass is 557 g/mol. The molecular weight excluding hydrogens is 524 g/mol. The highest BCUT2D eigenvalue weighted by Crippen LogP contribution is 2.62. The second kappa shape index (κ2) is 9.79. The van der Waals surface area contributed by atoms with E-state index in [1.54, 1.807) is 24.3 Å². The summed E-state index contributed by atoms with van der Waals surface area (Å²) in [7, 11) is 0. The first-order chi connectivity index (χ1) is 18.3. The number of carbonyl (C=O) groups excluding carboxylic acids is 2. The molecule has 2 spiro atoms. The van der Waals surface area contributed by atoms with Crippen molar-refractivity contribution in [1.82, 2.24) is 10.6 Å². The Balaban J connectivity index is 1.53. The standard InChI is InChI=1S/C30H34Cl2FN3O2/c1-17-8-11-19(12-9-17)34-27(37)26-24(20-6-5-7-22(32)25(20)33)30(29(36-26)14-3-2-4-15-29)21-13-10-18(31)16-23(21)35-28(30)38/h5-7,10,13,16-17,19,24,26,36H,2-4,8-9,11-12,14-15H2,1H3,(H,34,37)(H,35,38)/t17-,19-,24-,26+,30+/m0/s1. The van der Waals surface area contributed by atoms with Gasteiger partial charge in [0, 0.05) is 28.2 Å². The number of hydrogen-bond acceptors (Lipinski definition) is 3. The van der Waals surface area contributed by atoms with Crippen LogP contribution in [0.3, 0.4) is 0 Å². The second-order valence-electron chi connectivity index (χ2n) is 11.8. The van der Waals surface area contributed by atoms with Crippen LogP contribution in [-0.2, 0) is 15.0 Å². The lowest BCUT2D eigenvalue weighted by Gasteiger charge is -2.47. The van der Waals surface area contributed by atoms with Crippen LogP contribution in [0.15, 0.2) is 36.4 Å². The number of benzene rings is 2. The Bertz CT molecular complexity index is 1270. The Kier molecular flexibility index (Phi) is 6.73. The first-order valence-electron chi connectivity index (χ1n) is 13.9. The maximum atomic E-state index is 15.9. The molecule has 1 saturated heterocycles. The Hall–Kier alpha value is -2.15. The molecule has 0 bridgehead atoms. The number of hydrogen-bond donors (Lipinski definition) is 3. The van der Waals surface area contributed by atoms with Gasteiger partial charge in [-0.1, -0.05) is 67.6 Å². The third kappa shape index (κ3) is 3.89. The van der Waals surface area contributed by atoms with E-state index in [0.717, 1.165) is 50.5 Å². The van der Waals surface area contributed by atoms with Gasteiger partial charge in [0.05, 0.1) is 11.1 Å². The molecule has 6 rings (SSSR count). The molecule has 2 heterocycles. The topological polar surface area (TPSA) is 70.2 Å². The van der Waals surface area contributed by atoms with Crippen molar-refractivity contribution < 1.29 is 14.0 Å². The summed E-state index contributed by atoms with van der Waals surface area (Å²) in [5.74, 6) is -1.10. The van der Waals surface area contributed by atoms with E-state index < -0.39 is 28.7 Å². The fourth-order valence-electron chi connectivity index (χ4n) is 7.91. The van der Waals surface area contributed by atoms with E-state index in [-0.39, 0.29) is 22.9 Å². The van der Waals surface area contributed by atoms with Gasteiger partial charge in [-0.3, -0.25) is 14.9 Å². The summed E-state index contributed by atoms with van der Waals surface area (Å²) >= 11 is 12.6. The average molecular weight is 559 g/mol. The Morgan fingerprint density at radius 2 is 1.79 bits per heavy atom. The van der Waals surface area contributed by atoms with Crippen molar-refractivity contribution >= 4 is 40.7 Å². The molecule has 202 valence electrons. The Morgan fingerprint density at radius 3 is 2.53 bits per heavy atom. The molecule has 2 amide bonds. The van der Waals surface area contributed by atoms with Gasteiger partial charge in [0.1, 0.15) is 11.2 Å². The normalized spacial score (nSPS) is 31.8. The van der Waals surface area contributed by atoms with Crippen molar-refractivity contribution in [2.75, 3.05) is 5.32 Å².